The summed E-state index contributed by atoms with van der Waals surface area (Å²) in [4.78, 5) is 16.9. The molecule has 2 rings (SSSR count). The molecule has 96 valence electrons. The van der Waals surface area contributed by atoms with Gasteiger partial charge in [0.15, 0.2) is 0 Å². The van der Waals surface area contributed by atoms with E-state index in [1.54, 1.807) is 12.1 Å². The van der Waals surface area contributed by atoms with Gasteiger partial charge in [-0.25, -0.2) is 0 Å². The molecule has 18 heavy (non-hydrogen) atoms. The molecule has 0 spiro atoms. The summed E-state index contributed by atoms with van der Waals surface area (Å²) in [6.45, 7) is 2.67. The Morgan fingerprint density at radius 2 is 2.22 bits per heavy atom. The Morgan fingerprint density at radius 3 is 2.89 bits per heavy atom. The van der Waals surface area contributed by atoms with Crippen LogP contribution in [0.25, 0.3) is 0 Å². The number of nitrogens with one attached hydrogen (secondary N) is 1. The lowest BCUT2D eigenvalue weighted by Crippen LogP contribution is -2.35. The van der Waals surface area contributed by atoms with E-state index in [-0.39, 0.29) is 5.91 Å². The van der Waals surface area contributed by atoms with E-state index in [2.05, 4.69) is 10.5 Å². The lowest BCUT2D eigenvalue weighted by atomic mass is 10.0. The van der Waals surface area contributed by atoms with Crippen molar-refractivity contribution in [1.82, 2.24) is 5.32 Å². The fraction of sp³-hybridized carbons (Fsp3) is 0.385. The first-order valence-electron chi connectivity index (χ1n) is 5.97. The van der Waals surface area contributed by atoms with E-state index in [0.29, 0.717) is 18.0 Å². The Labute approximate surface area is 111 Å². The predicted molar refractivity (Wildman–Crippen MR) is 70.8 cm³/mol. The summed E-state index contributed by atoms with van der Waals surface area (Å²) in [6, 6.07) is 7.33. The second-order valence-corrected chi connectivity index (χ2v) is 4.57. The van der Waals surface area contributed by atoms with Crippen LogP contribution >= 0.6 is 11.6 Å². The number of amides is 1. The van der Waals surface area contributed by atoms with Gasteiger partial charge in [-0.05, 0) is 24.1 Å². The van der Waals surface area contributed by atoms with Gasteiger partial charge < -0.3 is 10.2 Å². The minimum absolute atomic E-state index is 0.107. The summed E-state index contributed by atoms with van der Waals surface area (Å²) < 4.78 is 0. The number of benzene rings is 1. The molecule has 0 saturated heterocycles. The zero-order valence-corrected chi connectivity index (χ0v) is 10.9. The van der Waals surface area contributed by atoms with E-state index < -0.39 is 6.10 Å². The van der Waals surface area contributed by atoms with Gasteiger partial charge in [-0.1, -0.05) is 35.8 Å². The highest BCUT2D eigenvalue weighted by atomic mass is 35.5. The first kappa shape index (κ1) is 12.9. The smallest absolute Gasteiger partial charge is 0.264 e. The van der Waals surface area contributed by atoms with Gasteiger partial charge in [-0.15, -0.1) is 0 Å². The summed E-state index contributed by atoms with van der Waals surface area (Å²) in [7, 11) is 0. The van der Waals surface area contributed by atoms with E-state index in [9.17, 15) is 4.79 Å². The highest BCUT2D eigenvalue weighted by Gasteiger charge is 2.28. The minimum Gasteiger partial charge on any atom is -0.382 e. The van der Waals surface area contributed by atoms with Gasteiger partial charge in [0.1, 0.15) is 0 Å². The molecule has 1 aromatic rings. The molecule has 0 bridgehead atoms. The number of hydrogen-bond donors (Lipinski definition) is 1. The van der Waals surface area contributed by atoms with Crippen LogP contribution < -0.4 is 5.32 Å². The van der Waals surface area contributed by atoms with Crippen LogP contribution in [0.5, 0.6) is 0 Å². The SMILES string of the molecule is CCCNC(=O)[C@H]1CC(c2ccc(Cl)cc2)=NO1. The quantitative estimate of drug-likeness (QED) is 0.910. The number of halogens is 1. The van der Waals surface area contributed by atoms with Crippen LogP contribution in [-0.4, -0.2) is 24.3 Å². The zero-order chi connectivity index (χ0) is 13.0. The van der Waals surface area contributed by atoms with Crippen LogP contribution in [0, 0.1) is 0 Å². The lowest BCUT2D eigenvalue weighted by molar-refractivity contribution is -0.131. The molecule has 0 radical (unpaired) electrons. The average Bonchev–Trinajstić information content (AvgIpc) is 2.86. The molecule has 5 heteroatoms. The summed E-state index contributed by atoms with van der Waals surface area (Å²) in [5.41, 5.74) is 1.72. The molecule has 1 N–H and O–H groups in total. The fourth-order valence-electron chi connectivity index (χ4n) is 1.69. The third-order valence-corrected chi connectivity index (χ3v) is 2.94. The van der Waals surface area contributed by atoms with Crippen molar-refractivity contribution >= 4 is 23.2 Å². The second kappa shape index (κ2) is 5.87. The Hall–Kier alpha value is -1.55. The van der Waals surface area contributed by atoms with Crippen LogP contribution in [0.15, 0.2) is 29.4 Å². The van der Waals surface area contributed by atoms with Gasteiger partial charge in [0.05, 0.1) is 5.71 Å². The largest absolute Gasteiger partial charge is 0.382 e. The normalized spacial score (nSPS) is 18.1. The molecule has 0 fully saturated rings. The second-order valence-electron chi connectivity index (χ2n) is 4.13. The number of oxime groups is 1. The minimum atomic E-state index is -0.512. The van der Waals surface area contributed by atoms with Crippen molar-refractivity contribution in [2.45, 2.75) is 25.9 Å². The number of rotatable bonds is 4. The Morgan fingerprint density at radius 1 is 1.50 bits per heavy atom. The zero-order valence-electron chi connectivity index (χ0n) is 10.1. The Balaban J connectivity index is 1.95. The molecule has 1 heterocycles. The van der Waals surface area contributed by atoms with Crippen LogP contribution in [0.3, 0.4) is 0 Å². The topological polar surface area (TPSA) is 50.7 Å². The van der Waals surface area contributed by atoms with Gasteiger partial charge in [0.2, 0.25) is 6.10 Å². The van der Waals surface area contributed by atoms with Crippen molar-refractivity contribution in [1.29, 1.82) is 0 Å². The molecule has 4 nitrogen and oxygen atoms in total. The number of carbonyl (C=O) groups is 1. The predicted octanol–water partition coefficient (Wildman–Crippen LogP) is 2.36. The average molecular weight is 267 g/mol. The first-order valence-corrected chi connectivity index (χ1v) is 6.35. The molecule has 1 aliphatic rings. The van der Waals surface area contributed by atoms with Crippen LogP contribution in [0.4, 0.5) is 0 Å². The fourth-order valence-corrected chi connectivity index (χ4v) is 1.82. The summed E-state index contributed by atoms with van der Waals surface area (Å²) in [5, 5.41) is 7.43. The molecule has 1 atom stereocenters. The maximum atomic E-state index is 11.7. The molecular formula is C13H15ClN2O2. The van der Waals surface area contributed by atoms with Crippen molar-refractivity contribution in [2.24, 2.45) is 5.16 Å². The molecule has 1 amide bonds. The molecule has 0 aromatic heterocycles. The van der Waals surface area contributed by atoms with Gasteiger partial charge in [0.25, 0.3) is 5.91 Å². The standard InChI is InChI=1S/C13H15ClN2O2/c1-2-7-15-13(17)12-8-11(16-18-12)9-3-5-10(14)6-4-9/h3-6,12H,2,7-8H2,1H3,(H,15,17)/t12-/m1/s1. The molecule has 0 unspecified atom stereocenters. The molecule has 1 aromatic carbocycles. The van der Waals surface area contributed by atoms with Gasteiger partial charge in [0, 0.05) is 18.0 Å². The van der Waals surface area contributed by atoms with Crippen LogP contribution in [-0.2, 0) is 9.63 Å². The monoisotopic (exact) mass is 266 g/mol. The first-order chi connectivity index (χ1) is 8.70. The van der Waals surface area contributed by atoms with Gasteiger partial charge >= 0.3 is 0 Å². The summed E-state index contributed by atoms with van der Waals surface area (Å²) in [5.74, 6) is -0.107. The number of nitrogens with zero attached hydrogens (tertiary/aromatic N) is 1. The van der Waals surface area contributed by atoms with E-state index in [1.807, 2.05) is 19.1 Å². The highest BCUT2D eigenvalue weighted by Crippen LogP contribution is 2.18. The van der Waals surface area contributed by atoms with Crippen molar-refractivity contribution in [3.8, 4) is 0 Å². The Bertz CT molecular complexity index is 457. The van der Waals surface area contributed by atoms with Crippen molar-refractivity contribution in [2.75, 3.05) is 6.54 Å². The number of carbonyl (C=O) groups excluding carboxylic acids is 1. The van der Waals surface area contributed by atoms with Crippen LogP contribution in [0.2, 0.25) is 5.02 Å². The summed E-state index contributed by atoms with van der Waals surface area (Å²) in [6.07, 6.45) is 0.891. The van der Waals surface area contributed by atoms with Gasteiger partial charge in [-0.3, -0.25) is 4.79 Å². The molecular weight excluding hydrogens is 252 g/mol. The molecule has 1 aliphatic heterocycles. The van der Waals surface area contributed by atoms with Crippen molar-refractivity contribution in [3.05, 3.63) is 34.9 Å². The molecule has 0 aliphatic carbocycles. The van der Waals surface area contributed by atoms with Crippen LogP contribution in [0.1, 0.15) is 25.3 Å². The van der Waals surface area contributed by atoms with E-state index in [1.165, 1.54) is 0 Å². The Kier molecular flexibility index (Phi) is 4.20. The number of hydrogen-bond acceptors (Lipinski definition) is 3. The van der Waals surface area contributed by atoms with E-state index >= 15 is 0 Å². The molecule has 0 saturated carbocycles. The van der Waals surface area contributed by atoms with E-state index in [0.717, 1.165) is 17.7 Å². The van der Waals surface area contributed by atoms with Crippen molar-refractivity contribution in [3.63, 3.8) is 0 Å². The van der Waals surface area contributed by atoms with Crippen molar-refractivity contribution < 1.29 is 9.63 Å². The lowest BCUT2D eigenvalue weighted by Gasteiger charge is -2.08. The third-order valence-electron chi connectivity index (χ3n) is 2.69. The highest BCUT2D eigenvalue weighted by molar-refractivity contribution is 6.30. The third kappa shape index (κ3) is 3.01. The maximum absolute atomic E-state index is 11.7. The van der Waals surface area contributed by atoms with Gasteiger partial charge in [-0.2, -0.15) is 0 Å². The van der Waals surface area contributed by atoms with E-state index in [4.69, 9.17) is 16.4 Å². The maximum Gasteiger partial charge on any atom is 0.264 e. The summed E-state index contributed by atoms with van der Waals surface area (Å²) >= 11 is 5.82.